The van der Waals surface area contributed by atoms with Crippen LogP contribution in [-0.2, 0) is 6.42 Å². The van der Waals surface area contributed by atoms with Gasteiger partial charge in [0.2, 0.25) is 0 Å². The highest BCUT2D eigenvalue weighted by Gasteiger charge is 2.14. The number of nitrogens with zero attached hydrogens (tertiary/aromatic N) is 2. The van der Waals surface area contributed by atoms with Gasteiger partial charge < -0.3 is 20.5 Å². The molecule has 0 radical (unpaired) electrons. The van der Waals surface area contributed by atoms with Gasteiger partial charge in [0, 0.05) is 43.8 Å². The maximum atomic E-state index is 4.33. The minimum Gasteiger partial charge on any atom is -0.361 e. The van der Waals surface area contributed by atoms with Crippen molar-refractivity contribution in [3.05, 3.63) is 36.0 Å². The number of hydrogen-bond acceptors (Lipinski definition) is 2. The summed E-state index contributed by atoms with van der Waals surface area (Å²) in [5.41, 5.74) is 2.55. The van der Waals surface area contributed by atoms with Crippen molar-refractivity contribution in [2.75, 3.05) is 39.8 Å². The Hall–Kier alpha value is -1.28. The lowest BCUT2D eigenvalue weighted by Crippen LogP contribution is -2.43. The Labute approximate surface area is 174 Å². The van der Waals surface area contributed by atoms with Crippen molar-refractivity contribution in [3.63, 3.8) is 0 Å². The average Bonchev–Trinajstić information content (AvgIpc) is 3.05. The predicted molar refractivity (Wildman–Crippen MR) is 122 cm³/mol. The molecule has 0 bridgehead atoms. The normalized spacial score (nSPS) is 16.5. The van der Waals surface area contributed by atoms with Crippen molar-refractivity contribution in [1.82, 2.24) is 20.5 Å². The van der Waals surface area contributed by atoms with Crippen LogP contribution in [-0.4, -0.2) is 55.6 Å². The summed E-state index contributed by atoms with van der Waals surface area (Å²) in [5.74, 6) is 1.79. The van der Waals surface area contributed by atoms with Crippen molar-refractivity contribution in [1.29, 1.82) is 0 Å². The van der Waals surface area contributed by atoms with Crippen LogP contribution in [0.3, 0.4) is 0 Å². The first-order chi connectivity index (χ1) is 12.3. The number of aromatic nitrogens is 1. The van der Waals surface area contributed by atoms with Crippen LogP contribution in [0.4, 0.5) is 0 Å². The largest absolute Gasteiger partial charge is 0.361 e. The van der Waals surface area contributed by atoms with E-state index in [-0.39, 0.29) is 24.0 Å². The molecule has 3 rings (SSSR count). The maximum Gasteiger partial charge on any atom is 0.191 e. The van der Waals surface area contributed by atoms with E-state index in [1.54, 1.807) is 0 Å². The fraction of sp³-hybridized carbons (Fsp3) is 0.550. The van der Waals surface area contributed by atoms with Crippen molar-refractivity contribution < 1.29 is 0 Å². The van der Waals surface area contributed by atoms with Crippen molar-refractivity contribution in [2.45, 2.75) is 26.2 Å². The van der Waals surface area contributed by atoms with E-state index in [9.17, 15) is 0 Å². The van der Waals surface area contributed by atoms with Crippen LogP contribution in [0.5, 0.6) is 0 Å². The van der Waals surface area contributed by atoms with Gasteiger partial charge in [0.1, 0.15) is 0 Å². The molecule has 6 heteroatoms. The van der Waals surface area contributed by atoms with Gasteiger partial charge in [-0.3, -0.25) is 4.99 Å². The van der Waals surface area contributed by atoms with E-state index in [0.29, 0.717) is 0 Å². The molecule has 0 atom stereocenters. The third-order valence-electron chi connectivity index (χ3n) is 5.18. The van der Waals surface area contributed by atoms with Gasteiger partial charge in [-0.05, 0) is 49.9 Å². The molecule has 1 aromatic heterocycles. The molecular weight excluding hydrogens is 437 g/mol. The third kappa shape index (κ3) is 5.87. The molecule has 1 aliphatic rings. The maximum absolute atomic E-state index is 4.33. The standard InChI is InChI=1S/C20H31N5.HI/c1-16-8-12-25(13-9-16)14-11-23-20(21-2)22-10-7-17-15-24-19-6-4-3-5-18(17)19;/h3-6,15-16,24H,7-14H2,1-2H3,(H2,21,22,23);1H. The molecule has 2 heterocycles. The number of guanidine groups is 1. The highest BCUT2D eigenvalue weighted by Crippen LogP contribution is 2.17. The van der Waals surface area contributed by atoms with E-state index in [1.807, 2.05) is 7.05 Å². The molecular formula is C20H32IN5. The van der Waals surface area contributed by atoms with Gasteiger partial charge in [-0.1, -0.05) is 25.1 Å². The van der Waals surface area contributed by atoms with Gasteiger partial charge in [-0.2, -0.15) is 0 Å². The van der Waals surface area contributed by atoms with Gasteiger partial charge in [-0.15, -0.1) is 24.0 Å². The number of piperidine rings is 1. The van der Waals surface area contributed by atoms with Crippen LogP contribution in [0.25, 0.3) is 10.9 Å². The van der Waals surface area contributed by atoms with Crippen LogP contribution in [0.1, 0.15) is 25.3 Å². The molecule has 0 spiro atoms. The summed E-state index contributed by atoms with van der Waals surface area (Å²) in [6.45, 7) is 7.74. The summed E-state index contributed by atoms with van der Waals surface area (Å²) in [6.07, 6.45) is 5.75. The predicted octanol–water partition coefficient (Wildman–Crippen LogP) is 3.23. The number of hydrogen-bond donors (Lipinski definition) is 3. The Kier molecular flexibility index (Phi) is 8.71. The quantitative estimate of drug-likeness (QED) is 0.346. The average molecular weight is 469 g/mol. The third-order valence-corrected chi connectivity index (χ3v) is 5.18. The summed E-state index contributed by atoms with van der Waals surface area (Å²) in [6, 6.07) is 8.45. The number of benzene rings is 1. The second-order valence-corrected chi connectivity index (χ2v) is 7.06. The summed E-state index contributed by atoms with van der Waals surface area (Å²) in [4.78, 5) is 10.2. The van der Waals surface area contributed by atoms with Crippen molar-refractivity contribution >= 4 is 40.8 Å². The number of nitrogens with one attached hydrogen (secondary N) is 3. The van der Waals surface area contributed by atoms with E-state index < -0.39 is 0 Å². The smallest absolute Gasteiger partial charge is 0.191 e. The van der Waals surface area contributed by atoms with E-state index in [0.717, 1.165) is 37.9 Å². The first kappa shape index (κ1) is 21.0. The molecule has 1 aromatic carbocycles. The first-order valence-corrected chi connectivity index (χ1v) is 9.48. The van der Waals surface area contributed by atoms with Gasteiger partial charge in [0.05, 0.1) is 0 Å². The van der Waals surface area contributed by atoms with Crippen LogP contribution in [0.2, 0.25) is 0 Å². The highest BCUT2D eigenvalue weighted by atomic mass is 127. The molecule has 0 amide bonds. The fourth-order valence-corrected chi connectivity index (χ4v) is 3.49. The summed E-state index contributed by atoms with van der Waals surface area (Å²) in [7, 11) is 1.84. The first-order valence-electron chi connectivity index (χ1n) is 9.48. The zero-order chi connectivity index (χ0) is 17.5. The van der Waals surface area contributed by atoms with Gasteiger partial charge in [0.25, 0.3) is 0 Å². The lowest BCUT2D eigenvalue weighted by atomic mass is 9.99. The van der Waals surface area contributed by atoms with Crippen molar-refractivity contribution in [3.8, 4) is 0 Å². The monoisotopic (exact) mass is 469 g/mol. The molecule has 0 aliphatic carbocycles. The number of H-pyrrole nitrogens is 1. The minimum absolute atomic E-state index is 0. The summed E-state index contributed by atoms with van der Waals surface area (Å²) < 4.78 is 0. The van der Waals surface area contributed by atoms with Crippen LogP contribution < -0.4 is 10.6 Å². The summed E-state index contributed by atoms with van der Waals surface area (Å²) in [5, 5.41) is 8.17. The number of likely N-dealkylation sites (tertiary alicyclic amines) is 1. The van der Waals surface area contributed by atoms with E-state index in [4.69, 9.17) is 0 Å². The molecule has 144 valence electrons. The van der Waals surface area contributed by atoms with E-state index in [2.05, 4.69) is 62.9 Å². The Bertz CT molecular complexity index is 688. The Balaban J connectivity index is 0.00000243. The Morgan fingerprint density at radius 1 is 1.19 bits per heavy atom. The molecule has 2 aromatic rings. The zero-order valence-electron chi connectivity index (χ0n) is 15.9. The van der Waals surface area contributed by atoms with Crippen LogP contribution in [0.15, 0.2) is 35.5 Å². The minimum atomic E-state index is 0. The number of halogens is 1. The lowest BCUT2D eigenvalue weighted by molar-refractivity contribution is 0.195. The van der Waals surface area contributed by atoms with Crippen LogP contribution >= 0.6 is 24.0 Å². The lowest BCUT2D eigenvalue weighted by Gasteiger charge is -2.30. The van der Waals surface area contributed by atoms with Gasteiger partial charge >= 0.3 is 0 Å². The summed E-state index contributed by atoms with van der Waals surface area (Å²) >= 11 is 0. The number of para-hydroxylation sites is 1. The van der Waals surface area contributed by atoms with Crippen LogP contribution in [0, 0.1) is 5.92 Å². The fourth-order valence-electron chi connectivity index (χ4n) is 3.49. The molecule has 3 N–H and O–H groups in total. The number of rotatable bonds is 6. The molecule has 26 heavy (non-hydrogen) atoms. The molecule has 5 nitrogen and oxygen atoms in total. The van der Waals surface area contributed by atoms with Gasteiger partial charge in [-0.25, -0.2) is 0 Å². The Morgan fingerprint density at radius 3 is 2.69 bits per heavy atom. The Morgan fingerprint density at radius 2 is 1.92 bits per heavy atom. The van der Waals surface area contributed by atoms with E-state index >= 15 is 0 Å². The SMILES string of the molecule is CN=C(NCCc1c[nH]c2ccccc12)NCCN1CCC(C)CC1.I. The number of aromatic amines is 1. The van der Waals surface area contributed by atoms with Crippen molar-refractivity contribution in [2.24, 2.45) is 10.9 Å². The van der Waals surface area contributed by atoms with E-state index in [1.165, 1.54) is 42.4 Å². The second-order valence-electron chi connectivity index (χ2n) is 7.06. The zero-order valence-corrected chi connectivity index (χ0v) is 18.3. The second kappa shape index (κ2) is 10.8. The molecule has 0 unspecified atom stereocenters. The topological polar surface area (TPSA) is 55.5 Å². The molecule has 1 fully saturated rings. The number of fused-ring (bicyclic) bond motifs is 1. The molecule has 0 saturated carbocycles. The highest BCUT2D eigenvalue weighted by molar-refractivity contribution is 14.0. The number of aliphatic imine (C=N–C) groups is 1. The molecule has 1 aliphatic heterocycles. The van der Waals surface area contributed by atoms with Gasteiger partial charge in [0.15, 0.2) is 5.96 Å². The molecule has 1 saturated heterocycles.